The zero-order valence-corrected chi connectivity index (χ0v) is 18.2. The van der Waals surface area contributed by atoms with Gasteiger partial charge in [-0.25, -0.2) is 0 Å². The van der Waals surface area contributed by atoms with Gasteiger partial charge in [0.25, 0.3) is 5.91 Å². The third kappa shape index (κ3) is 5.49. The second-order valence-electron chi connectivity index (χ2n) is 6.00. The smallest absolute Gasteiger partial charge is 0.255 e. The van der Waals surface area contributed by atoms with Gasteiger partial charge in [0.1, 0.15) is 16.5 Å². The number of carbonyl (C=O) groups is 2. The summed E-state index contributed by atoms with van der Waals surface area (Å²) in [6.45, 7) is 1.86. The lowest BCUT2D eigenvalue weighted by molar-refractivity contribution is -0.113. The van der Waals surface area contributed by atoms with E-state index in [1.807, 2.05) is 13.0 Å². The zero-order valence-electron chi connectivity index (χ0n) is 16.6. The summed E-state index contributed by atoms with van der Waals surface area (Å²) in [5.74, 6) is 0.449. The molecule has 0 aliphatic carbocycles. The Morgan fingerprint density at radius 2 is 1.63 bits per heavy atom. The van der Waals surface area contributed by atoms with E-state index in [-0.39, 0.29) is 17.6 Å². The van der Waals surface area contributed by atoms with Gasteiger partial charge in [0.05, 0.1) is 31.3 Å². The first kappa shape index (κ1) is 21.6. The second kappa shape index (κ2) is 10.1. The molecule has 0 radical (unpaired) electrons. The van der Waals surface area contributed by atoms with E-state index in [4.69, 9.17) is 9.47 Å². The number of hydrogen-bond donors (Lipinski definition) is 2. The predicted molar refractivity (Wildman–Crippen MR) is 118 cm³/mol. The molecule has 2 amide bonds. The highest BCUT2D eigenvalue weighted by atomic mass is 32.2. The number of ether oxygens (including phenoxy) is 2. The highest BCUT2D eigenvalue weighted by Crippen LogP contribution is 2.37. The Morgan fingerprint density at radius 1 is 1.00 bits per heavy atom. The standard InChI is InChI=1S/C20H20N4O4S2/c1-12-23-24-20(30-12)29-11-18(25)21-14-9-17(28-3)15(10-16(14)27-2)22-19(26)13-7-5-4-6-8-13/h4-10H,11H2,1-3H3,(H,21,25)(H,22,26). The van der Waals surface area contributed by atoms with Gasteiger partial charge in [-0.2, -0.15) is 0 Å². The van der Waals surface area contributed by atoms with E-state index in [0.717, 1.165) is 9.35 Å². The van der Waals surface area contributed by atoms with Crippen molar-refractivity contribution in [3.8, 4) is 11.5 Å². The molecule has 0 aliphatic rings. The van der Waals surface area contributed by atoms with Crippen LogP contribution in [0.1, 0.15) is 15.4 Å². The van der Waals surface area contributed by atoms with Gasteiger partial charge in [0, 0.05) is 17.7 Å². The number of benzene rings is 2. The predicted octanol–water partition coefficient (Wildman–Crippen LogP) is 3.85. The number of anilines is 2. The van der Waals surface area contributed by atoms with E-state index in [0.29, 0.717) is 28.4 Å². The van der Waals surface area contributed by atoms with Gasteiger partial charge >= 0.3 is 0 Å². The van der Waals surface area contributed by atoms with Crippen molar-refractivity contribution in [2.75, 3.05) is 30.6 Å². The van der Waals surface area contributed by atoms with Crippen molar-refractivity contribution in [1.29, 1.82) is 0 Å². The van der Waals surface area contributed by atoms with E-state index in [2.05, 4.69) is 20.8 Å². The van der Waals surface area contributed by atoms with Crippen LogP contribution in [0, 0.1) is 6.92 Å². The molecule has 0 atom stereocenters. The molecule has 3 rings (SSSR count). The Bertz CT molecular complexity index is 1040. The highest BCUT2D eigenvalue weighted by Gasteiger charge is 2.16. The Morgan fingerprint density at radius 3 is 2.20 bits per heavy atom. The number of methoxy groups -OCH3 is 2. The SMILES string of the molecule is COc1cc(NC(=O)c2ccccc2)c(OC)cc1NC(=O)CSc1nnc(C)s1. The minimum atomic E-state index is -0.281. The third-order valence-electron chi connectivity index (χ3n) is 3.91. The Balaban J connectivity index is 1.73. The number of thioether (sulfide) groups is 1. The maximum atomic E-state index is 12.5. The Labute approximate surface area is 182 Å². The van der Waals surface area contributed by atoms with Crippen molar-refractivity contribution in [1.82, 2.24) is 10.2 Å². The average molecular weight is 445 g/mol. The van der Waals surface area contributed by atoms with E-state index in [9.17, 15) is 9.59 Å². The fraction of sp³-hybridized carbons (Fsp3) is 0.200. The summed E-state index contributed by atoms with van der Waals surface area (Å²) >= 11 is 2.74. The molecule has 0 spiro atoms. The second-order valence-corrected chi connectivity index (χ2v) is 8.40. The van der Waals surface area contributed by atoms with Crippen LogP contribution in [0.5, 0.6) is 11.5 Å². The van der Waals surface area contributed by atoms with Gasteiger partial charge in [-0.1, -0.05) is 41.3 Å². The largest absolute Gasteiger partial charge is 0.494 e. The van der Waals surface area contributed by atoms with Crippen LogP contribution in [0.2, 0.25) is 0 Å². The summed E-state index contributed by atoms with van der Waals surface area (Å²) in [7, 11) is 2.97. The summed E-state index contributed by atoms with van der Waals surface area (Å²) in [5.41, 5.74) is 1.38. The number of rotatable bonds is 8. The Hall–Kier alpha value is -3.11. The third-order valence-corrected chi connectivity index (χ3v) is 5.89. The fourth-order valence-electron chi connectivity index (χ4n) is 2.53. The van der Waals surface area contributed by atoms with Crippen LogP contribution in [0.3, 0.4) is 0 Å². The van der Waals surface area contributed by atoms with Gasteiger partial charge in [-0.05, 0) is 19.1 Å². The van der Waals surface area contributed by atoms with Crippen LogP contribution >= 0.6 is 23.1 Å². The van der Waals surface area contributed by atoms with Crippen molar-refractivity contribution in [3.63, 3.8) is 0 Å². The quantitative estimate of drug-likeness (QED) is 0.509. The lowest BCUT2D eigenvalue weighted by atomic mass is 10.2. The summed E-state index contributed by atoms with van der Waals surface area (Å²) < 4.78 is 11.5. The molecule has 1 aromatic heterocycles. The van der Waals surface area contributed by atoms with Crippen LogP contribution in [0.15, 0.2) is 46.8 Å². The molecule has 0 unspecified atom stereocenters. The van der Waals surface area contributed by atoms with Gasteiger partial charge in [0.15, 0.2) is 4.34 Å². The summed E-state index contributed by atoms with van der Waals surface area (Å²) in [4.78, 5) is 24.8. The summed E-state index contributed by atoms with van der Waals surface area (Å²) in [6, 6.07) is 12.0. The molecule has 8 nitrogen and oxygen atoms in total. The molecule has 0 bridgehead atoms. The summed E-state index contributed by atoms with van der Waals surface area (Å²) in [5, 5.41) is 14.4. The van der Waals surface area contributed by atoms with Crippen LogP contribution in [0.25, 0.3) is 0 Å². The van der Waals surface area contributed by atoms with Crippen molar-refractivity contribution in [3.05, 3.63) is 53.0 Å². The lowest BCUT2D eigenvalue weighted by Gasteiger charge is -2.16. The normalized spacial score (nSPS) is 10.4. The molecular formula is C20H20N4O4S2. The molecule has 10 heteroatoms. The van der Waals surface area contributed by atoms with Crippen molar-refractivity contribution in [2.45, 2.75) is 11.3 Å². The summed E-state index contributed by atoms with van der Waals surface area (Å²) in [6.07, 6.45) is 0. The van der Waals surface area contributed by atoms with Gasteiger partial charge in [0.2, 0.25) is 5.91 Å². The van der Waals surface area contributed by atoms with E-state index in [1.165, 1.54) is 37.3 Å². The number of carbonyl (C=O) groups excluding carboxylic acids is 2. The first-order valence-corrected chi connectivity index (χ1v) is 10.7. The molecule has 1 heterocycles. The maximum absolute atomic E-state index is 12.5. The minimum Gasteiger partial charge on any atom is -0.494 e. The number of nitrogens with zero attached hydrogens (tertiary/aromatic N) is 2. The molecule has 2 aromatic carbocycles. The van der Waals surface area contributed by atoms with Crippen LogP contribution in [-0.4, -0.2) is 42.0 Å². The first-order valence-electron chi connectivity index (χ1n) is 8.85. The molecule has 0 saturated carbocycles. The zero-order chi connectivity index (χ0) is 21.5. The molecule has 0 saturated heterocycles. The first-order chi connectivity index (χ1) is 14.5. The van der Waals surface area contributed by atoms with Crippen molar-refractivity contribution in [2.24, 2.45) is 0 Å². The van der Waals surface area contributed by atoms with Crippen molar-refractivity contribution >= 4 is 46.3 Å². The fourth-order valence-corrected chi connectivity index (χ4v) is 4.14. The van der Waals surface area contributed by atoms with E-state index in [1.54, 1.807) is 36.4 Å². The number of nitrogens with one attached hydrogen (secondary N) is 2. The monoisotopic (exact) mass is 444 g/mol. The number of hydrogen-bond acceptors (Lipinski definition) is 8. The minimum absolute atomic E-state index is 0.173. The lowest BCUT2D eigenvalue weighted by Crippen LogP contribution is -2.16. The van der Waals surface area contributed by atoms with Crippen LogP contribution in [-0.2, 0) is 4.79 Å². The van der Waals surface area contributed by atoms with Crippen molar-refractivity contribution < 1.29 is 19.1 Å². The molecular weight excluding hydrogens is 424 g/mol. The molecule has 156 valence electrons. The molecule has 30 heavy (non-hydrogen) atoms. The van der Waals surface area contributed by atoms with Crippen LogP contribution in [0.4, 0.5) is 11.4 Å². The van der Waals surface area contributed by atoms with Gasteiger partial charge in [-0.3, -0.25) is 9.59 Å². The molecule has 0 fully saturated rings. The van der Waals surface area contributed by atoms with E-state index >= 15 is 0 Å². The van der Waals surface area contributed by atoms with E-state index < -0.39 is 0 Å². The van der Waals surface area contributed by atoms with Gasteiger partial charge in [-0.15, -0.1) is 10.2 Å². The molecule has 0 aliphatic heterocycles. The molecule has 2 N–H and O–H groups in total. The maximum Gasteiger partial charge on any atom is 0.255 e. The average Bonchev–Trinajstić information content (AvgIpc) is 3.18. The molecule has 3 aromatic rings. The Kier molecular flexibility index (Phi) is 7.26. The number of aryl methyl sites for hydroxylation is 1. The number of aromatic nitrogens is 2. The number of amides is 2. The highest BCUT2D eigenvalue weighted by molar-refractivity contribution is 8.01. The van der Waals surface area contributed by atoms with Crippen LogP contribution < -0.4 is 20.1 Å². The van der Waals surface area contributed by atoms with Gasteiger partial charge < -0.3 is 20.1 Å². The topological polar surface area (TPSA) is 102 Å².